The fourth-order valence-corrected chi connectivity index (χ4v) is 1.12. The average Bonchev–Trinajstić information content (AvgIpc) is 2.64. The van der Waals surface area contributed by atoms with Crippen molar-refractivity contribution < 1.29 is 24.2 Å². The van der Waals surface area contributed by atoms with Crippen LogP contribution in [0, 0.1) is 0 Å². The maximum absolute atomic E-state index is 10.9. The van der Waals surface area contributed by atoms with Gasteiger partial charge in [0, 0.05) is 6.08 Å². The number of hydrogen-bond acceptors (Lipinski definition) is 3. The van der Waals surface area contributed by atoms with Crippen LogP contribution in [-0.4, -0.2) is 22.2 Å². The second kappa shape index (κ2) is 4.97. The SMILES string of the molecule is CC(=C\C(=O)O)/C(=C\c1ccco1)C(=O)O. The van der Waals surface area contributed by atoms with Crippen molar-refractivity contribution in [1.29, 1.82) is 0 Å². The molecule has 0 atom stereocenters. The molecule has 0 aromatic carbocycles. The van der Waals surface area contributed by atoms with Gasteiger partial charge in [-0.15, -0.1) is 0 Å². The summed E-state index contributed by atoms with van der Waals surface area (Å²) in [6.45, 7) is 1.41. The first kappa shape index (κ1) is 11.8. The standard InChI is InChI=1S/C11H10O5/c1-7(5-10(12)13)9(11(14)15)6-8-3-2-4-16-8/h2-6H,1H3,(H,12,13)(H,14,15)/b7-5+,9-6+. The van der Waals surface area contributed by atoms with E-state index in [1.165, 1.54) is 19.3 Å². The molecule has 0 fully saturated rings. The lowest BCUT2D eigenvalue weighted by molar-refractivity contribution is -0.132. The summed E-state index contributed by atoms with van der Waals surface area (Å²) in [4.78, 5) is 21.3. The molecule has 1 aromatic rings. The van der Waals surface area contributed by atoms with Gasteiger partial charge in [-0.2, -0.15) is 0 Å². The zero-order valence-corrected chi connectivity index (χ0v) is 8.51. The molecular formula is C11H10O5. The summed E-state index contributed by atoms with van der Waals surface area (Å²) in [7, 11) is 0. The fraction of sp³-hybridized carbons (Fsp3) is 0.0909. The number of carboxylic acid groups (broad SMARTS) is 2. The smallest absolute Gasteiger partial charge is 0.336 e. The number of furan rings is 1. The maximum Gasteiger partial charge on any atom is 0.336 e. The second-order valence-electron chi connectivity index (χ2n) is 3.04. The largest absolute Gasteiger partial charge is 0.478 e. The van der Waals surface area contributed by atoms with Crippen LogP contribution in [0.2, 0.25) is 0 Å². The van der Waals surface area contributed by atoms with E-state index in [0.717, 1.165) is 6.08 Å². The summed E-state index contributed by atoms with van der Waals surface area (Å²) in [6.07, 6.45) is 3.52. The zero-order chi connectivity index (χ0) is 12.1. The number of hydrogen-bond donors (Lipinski definition) is 2. The monoisotopic (exact) mass is 222 g/mol. The van der Waals surface area contributed by atoms with Crippen LogP contribution in [0.4, 0.5) is 0 Å². The van der Waals surface area contributed by atoms with Gasteiger partial charge in [-0.3, -0.25) is 0 Å². The molecule has 1 rings (SSSR count). The molecule has 0 spiro atoms. The van der Waals surface area contributed by atoms with E-state index in [9.17, 15) is 9.59 Å². The number of carbonyl (C=O) groups is 2. The third-order valence-corrected chi connectivity index (χ3v) is 1.83. The Labute approximate surface area is 91.3 Å². The quantitative estimate of drug-likeness (QED) is 0.598. The van der Waals surface area contributed by atoms with Gasteiger partial charge < -0.3 is 14.6 Å². The van der Waals surface area contributed by atoms with Crippen LogP contribution in [-0.2, 0) is 9.59 Å². The molecule has 1 aromatic heterocycles. The van der Waals surface area contributed by atoms with Crippen molar-refractivity contribution in [3.05, 3.63) is 41.4 Å². The highest BCUT2D eigenvalue weighted by molar-refractivity contribution is 5.98. The van der Waals surface area contributed by atoms with Gasteiger partial charge in [-0.25, -0.2) is 9.59 Å². The Morgan fingerprint density at radius 1 is 1.38 bits per heavy atom. The molecule has 0 amide bonds. The van der Waals surface area contributed by atoms with Gasteiger partial charge in [0.15, 0.2) is 0 Å². The second-order valence-corrected chi connectivity index (χ2v) is 3.04. The normalized spacial score (nSPS) is 12.6. The average molecular weight is 222 g/mol. The number of rotatable bonds is 4. The van der Waals surface area contributed by atoms with Crippen molar-refractivity contribution in [2.45, 2.75) is 6.92 Å². The lowest BCUT2D eigenvalue weighted by atomic mass is 10.1. The Hall–Kier alpha value is -2.30. The third-order valence-electron chi connectivity index (χ3n) is 1.83. The molecule has 84 valence electrons. The fourth-order valence-electron chi connectivity index (χ4n) is 1.12. The van der Waals surface area contributed by atoms with E-state index in [4.69, 9.17) is 14.6 Å². The minimum atomic E-state index is -1.20. The van der Waals surface area contributed by atoms with E-state index in [1.807, 2.05) is 0 Å². The molecule has 0 radical (unpaired) electrons. The molecule has 16 heavy (non-hydrogen) atoms. The van der Waals surface area contributed by atoms with Crippen LogP contribution in [0.3, 0.4) is 0 Å². The van der Waals surface area contributed by atoms with Gasteiger partial charge in [0.2, 0.25) is 0 Å². The Morgan fingerprint density at radius 2 is 2.06 bits per heavy atom. The minimum Gasteiger partial charge on any atom is -0.478 e. The Bertz CT molecular complexity index is 451. The van der Waals surface area contributed by atoms with Crippen molar-refractivity contribution in [3.63, 3.8) is 0 Å². The Balaban J connectivity index is 3.10. The van der Waals surface area contributed by atoms with Crippen molar-refractivity contribution in [1.82, 2.24) is 0 Å². The number of aliphatic carboxylic acids is 2. The van der Waals surface area contributed by atoms with Crippen molar-refractivity contribution in [3.8, 4) is 0 Å². The van der Waals surface area contributed by atoms with Crippen molar-refractivity contribution >= 4 is 18.0 Å². The highest BCUT2D eigenvalue weighted by Crippen LogP contribution is 2.15. The topological polar surface area (TPSA) is 87.7 Å². The molecule has 5 nitrogen and oxygen atoms in total. The van der Waals surface area contributed by atoms with Gasteiger partial charge in [-0.1, -0.05) is 0 Å². The lowest BCUT2D eigenvalue weighted by Gasteiger charge is -2.00. The first-order valence-corrected chi connectivity index (χ1v) is 4.41. The molecule has 5 heteroatoms. The molecule has 0 bridgehead atoms. The predicted molar refractivity (Wildman–Crippen MR) is 55.7 cm³/mol. The Kier molecular flexibility index (Phi) is 3.66. The molecule has 1 heterocycles. The molecule has 0 unspecified atom stereocenters. The van der Waals surface area contributed by atoms with E-state index in [2.05, 4.69) is 0 Å². The van der Waals surface area contributed by atoms with E-state index in [1.54, 1.807) is 12.1 Å². The zero-order valence-electron chi connectivity index (χ0n) is 8.51. The highest BCUT2D eigenvalue weighted by atomic mass is 16.4. The first-order chi connectivity index (χ1) is 7.50. The van der Waals surface area contributed by atoms with Crippen LogP contribution in [0.15, 0.2) is 40.0 Å². The molecule has 2 N–H and O–H groups in total. The number of carboxylic acids is 2. The highest BCUT2D eigenvalue weighted by Gasteiger charge is 2.11. The van der Waals surface area contributed by atoms with Crippen LogP contribution in [0.1, 0.15) is 12.7 Å². The predicted octanol–water partition coefficient (Wildman–Crippen LogP) is 1.78. The van der Waals surface area contributed by atoms with Crippen molar-refractivity contribution in [2.75, 3.05) is 0 Å². The summed E-state index contributed by atoms with van der Waals surface area (Å²) in [5, 5.41) is 17.4. The van der Waals surface area contributed by atoms with E-state index in [0.29, 0.717) is 5.76 Å². The summed E-state index contributed by atoms with van der Waals surface area (Å²) >= 11 is 0. The van der Waals surface area contributed by atoms with Gasteiger partial charge >= 0.3 is 11.9 Å². The van der Waals surface area contributed by atoms with Crippen LogP contribution in [0.25, 0.3) is 6.08 Å². The van der Waals surface area contributed by atoms with Crippen LogP contribution < -0.4 is 0 Å². The Morgan fingerprint density at radius 3 is 2.50 bits per heavy atom. The van der Waals surface area contributed by atoms with Crippen LogP contribution >= 0.6 is 0 Å². The minimum absolute atomic E-state index is 0.114. The third kappa shape index (κ3) is 3.13. The lowest BCUT2D eigenvalue weighted by Crippen LogP contribution is -2.03. The summed E-state index contributed by atoms with van der Waals surface area (Å²) in [6, 6.07) is 3.19. The molecule has 0 aliphatic rings. The van der Waals surface area contributed by atoms with Gasteiger partial charge in [0.25, 0.3) is 0 Å². The van der Waals surface area contributed by atoms with Gasteiger partial charge in [0.1, 0.15) is 5.76 Å². The van der Waals surface area contributed by atoms with E-state index < -0.39 is 11.9 Å². The maximum atomic E-state index is 10.9. The first-order valence-electron chi connectivity index (χ1n) is 4.41. The van der Waals surface area contributed by atoms with Crippen LogP contribution in [0.5, 0.6) is 0 Å². The van der Waals surface area contributed by atoms with Gasteiger partial charge in [-0.05, 0) is 30.7 Å². The molecular weight excluding hydrogens is 212 g/mol. The molecule has 0 saturated heterocycles. The van der Waals surface area contributed by atoms with E-state index in [-0.39, 0.29) is 11.1 Å². The molecule has 0 aliphatic heterocycles. The summed E-state index contributed by atoms with van der Waals surface area (Å²) in [5.74, 6) is -2.04. The summed E-state index contributed by atoms with van der Waals surface area (Å²) < 4.78 is 4.95. The van der Waals surface area contributed by atoms with Crippen molar-refractivity contribution in [2.24, 2.45) is 0 Å². The molecule has 0 aliphatic carbocycles. The van der Waals surface area contributed by atoms with Gasteiger partial charge in [0.05, 0.1) is 11.8 Å². The van der Waals surface area contributed by atoms with E-state index >= 15 is 0 Å². The molecule has 0 saturated carbocycles. The summed E-state index contributed by atoms with van der Waals surface area (Å²) in [5.41, 5.74) is 0.0359.